The van der Waals surface area contributed by atoms with E-state index in [2.05, 4.69) is 19.1 Å². The van der Waals surface area contributed by atoms with Gasteiger partial charge in [0.15, 0.2) is 5.58 Å². The molecule has 0 spiro atoms. The number of quaternary nitrogens is 1. The lowest BCUT2D eigenvalue weighted by Gasteiger charge is -2.03. The molecule has 0 atom stereocenters. The van der Waals surface area contributed by atoms with Crippen molar-refractivity contribution in [1.82, 2.24) is 4.98 Å². The summed E-state index contributed by atoms with van der Waals surface area (Å²) >= 11 is 1.68. The second-order valence-corrected chi connectivity index (χ2v) is 4.80. The third-order valence-electron chi connectivity index (χ3n) is 2.10. The molecule has 0 aliphatic heterocycles. The molecule has 0 bridgehead atoms. The number of hydrogen-bond donors (Lipinski definition) is 1. The number of hydrogen-bond acceptors (Lipinski definition) is 3. The van der Waals surface area contributed by atoms with Crippen LogP contribution in [0.15, 0.2) is 33.9 Å². The highest BCUT2D eigenvalue weighted by Crippen LogP contribution is 2.22. The van der Waals surface area contributed by atoms with Crippen molar-refractivity contribution in [1.29, 1.82) is 0 Å². The maximum absolute atomic E-state index is 5.59. The Kier molecular flexibility index (Phi) is 3.28. The van der Waals surface area contributed by atoms with Gasteiger partial charge < -0.3 is 9.32 Å². The van der Waals surface area contributed by atoms with E-state index in [0.717, 1.165) is 28.6 Å². The highest BCUT2D eigenvalue weighted by molar-refractivity contribution is 7.99. The molecular weight excluding hydrogens is 208 g/mol. The van der Waals surface area contributed by atoms with Gasteiger partial charge in [-0.25, -0.2) is 4.98 Å². The summed E-state index contributed by atoms with van der Waals surface area (Å²) in [6.45, 7) is 1.11. The molecule has 0 aliphatic rings. The highest BCUT2D eigenvalue weighted by atomic mass is 32.2. The summed E-state index contributed by atoms with van der Waals surface area (Å²) in [5.41, 5.74) is 1.81. The van der Waals surface area contributed by atoms with Gasteiger partial charge in [0, 0.05) is 0 Å². The molecule has 0 amide bonds. The minimum atomic E-state index is 0.775. The van der Waals surface area contributed by atoms with E-state index in [1.165, 1.54) is 4.90 Å². The Hall–Kier alpha value is -1.00. The monoisotopic (exact) mass is 223 g/mol. The van der Waals surface area contributed by atoms with Crippen molar-refractivity contribution in [2.24, 2.45) is 0 Å². The number of para-hydroxylation sites is 2. The van der Waals surface area contributed by atoms with E-state index in [9.17, 15) is 0 Å². The summed E-state index contributed by atoms with van der Waals surface area (Å²) in [4.78, 5) is 5.84. The highest BCUT2D eigenvalue weighted by Gasteiger charge is 2.05. The Morgan fingerprint density at radius 1 is 1.33 bits per heavy atom. The molecule has 2 aromatic rings. The Bertz CT molecular complexity index is 406. The lowest BCUT2D eigenvalue weighted by molar-refractivity contribution is -0.855. The molecule has 0 saturated heterocycles. The summed E-state index contributed by atoms with van der Waals surface area (Å²) in [6.07, 6.45) is 0. The normalized spacial score (nSPS) is 11.4. The molecule has 80 valence electrons. The largest absolute Gasteiger partial charge is 0.431 e. The van der Waals surface area contributed by atoms with Gasteiger partial charge in [-0.3, -0.25) is 0 Å². The average Bonchev–Trinajstić information content (AvgIpc) is 2.59. The molecule has 1 aromatic heterocycles. The molecule has 0 radical (unpaired) electrons. The van der Waals surface area contributed by atoms with Crippen LogP contribution in [0, 0.1) is 0 Å². The van der Waals surface area contributed by atoms with Crippen LogP contribution in [0.1, 0.15) is 0 Å². The standard InChI is InChI=1S/C11H14N2OS/c1-13(2)7-8-15-11-12-9-5-3-4-6-10(9)14-11/h3-6H,7-8H2,1-2H3/p+1. The van der Waals surface area contributed by atoms with E-state index in [4.69, 9.17) is 4.42 Å². The van der Waals surface area contributed by atoms with Crippen LogP contribution in [-0.2, 0) is 0 Å². The first kappa shape index (κ1) is 10.5. The fraction of sp³-hybridized carbons (Fsp3) is 0.364. The molecule has 0 unspecified atom stereocenters. The van der Waals surface area contributed by atoms with Crippen LogP contribution >= 0.6 is 11.8 Å². The second kappa shape index (κ2) is 4.68. The summed E-state index contributed by atoms with van der Waals surface area (Å²) < 4.78 is 5.59. The molecule has 4 heteroatoms. The molecule has 0 aliphatic carbocycles. The third-order valence-corrected chi connectivity index (χ3v) is 2.93. The molecular formula is C11H15N2OS+. The first-order valence-corrected chi connectivity index (χ1v) is 6.01. The molecule has 1 N–H and O–H groups in total. The Balaban J connectivity index is 2.03. The Morgan fingerprint density at radius 2 is 2.13 bits per heavy atom. The lowest BCUT2D eigenvalue weighted by Crippen LogP contribution is -3.06. The summed E-state index contributed by atoms with van der Waals surface area (Å²) in [6, 6.07) is 7.86. The zero-order valence-electron chi connectivity index (χ0n) is 8.99. The van der Waals surface area contributed by atoms with Gasteiger partial charge in [0.1, 0.15) is 5.52 Å². The number of rotatable bonds is 4. The van der Waals surface area contributed by atoms with Gasteiger partial charge in [-0.1, -0.05) is 23.9 Å². The number of fused-ring (bicyclic) bond motifs is 1. The molecule has 1 aromatic carbocycles. The predicted octanol–water partition coefficient (Wildman–Crippen LogP) is 1.06. The number of nitrogens with one attached hydrogen (secondary N) is 1. The molecule has 0 fully saturated rings. The first-order chi connectivity index (χ1) is 7.25. The van der Waals surface area contributed by atoms with Crippen molar-refractivity contribution in [3.63, 3.8) is 0 Å². The van der Waals surface area contributed by atoms with Crippen molar-refractivity contribution in [2.45, 2.75) is 5.22 Å². The number of thioether (sulfide) groups is 1. The van der Waals surface area contributed by atoms with Gasteiger partial charge in [-0.05, 0) is 12.1 Å². The first-order valence-electron chi connectivity index (χ1n) is 5.03. The van der Waals surface area contributed by atoms with Crippen LogP contribution < -0.4 is 4.90 Å². The molecule has 0 saturated carbocycles. The minimum absolute atomic E-state index is 0.775. The summed E-state index contributed by atoms with van der Waals surface area (Å²) in [7, 11) is 4.29. The quantitative estimate of drug-likeness (QED) is 0.786. The zero-order valence-corrected chi connectivity index (χ0v) is 9.80. The van der Waals surface area contributed by atoms with Crippen LogP contribution in [0.5, 0.6) is 0 Å². The smallest absolute Gasteiger partial charge is 0.256 e. The van der Waals surface area contributed by atoms with E-state index >= 15 is 0 Å². The summed E-state index contributed by atoms with van der Waals surface area (Å²) in [5, 5.41) is 0.775. The van der Waals surface area contributed by atoms with Crippen molar-refractivity contribution in [2.75, 3.05) is 26.4 Å². The van der Waals surface area contributed by atoms with Crippen molar-refractivity contribution < 1.29 is 9.32 Å². The molecule has 15 heavy (non-hydrogen) atoms. The molecule has 1 heterocycles. The van der Waals surface area contributed by atoms with E-state index < -0.39 is 0 Å². The topological polar surface area (TPSA) is 30.5 Å². The van der Waals surface area contributed by atoms with E-state index in [1.54, 1.807) is 11.8 Å². The maximum atomic E-state index is 5.59. The fourth-order valence-corrected chi connectivity index (χ4v) is 2.25. The Morgan fingerprint density at radius 3 is 2.87 bits per heavy atom. The number of aromatic nitrogens is 1. The number of nitrogens with zero attached hydrogens (tertiary/aromatic N) is 1. The van der Waals surface area contributed by atoms with Gasteiger partial charge in [0.2, 0.25) is 0 Å². The van der Waals surface area contributed by atoms with Crippen molar-refractivity contribution in [3.8, 4) is 0 Å². The Labute approximate surface area is 93.5 Å². The van der Waals surface area contributed by atoms with Crippen LogP contribution in [-0.4, -0.2) is 31.4 Å². The lowest BCUT2D eigenvalue weighted by atomic mass is 10.3. The zero-order chi connectivity index (χ0) is 10.7. The van der Waals surface area contributed by atoms with Gasteiger partial charge in [0.25, 0.3) is 5.22 Å². The third kappa shape index (κ3) is 2.73. The minimum Gasteiger partial charge on any atom is -0.431 e. The van der Waals surface area contributed by atoms with E-state index in [-0.39, 0.29) is 0 Å². The SMILES string of the molecule is C[NH+](C)CCSc1nc2ccccc2o1. The molecule has 2 rings (SSSR count). The van der Waals surface area contributed by atoms with Gasteiger partial charge in [-0.15, -0.1) is 0 Å². The van der Waals surface area contributed by atoms with Crippen molar-refractivity contribution >= 4 is 22.9 Å². The van der Waals surface area contributed by atoms with Crippen LogP contribution in [0.25, 0.3) is 11.1 Å². The van der Waals surface area contributed by atoms with Gasteiger partial charge in [0.05, 0.1) is 26.4 Å². The summed E-state index contributed by atoms with van der Waals surface area (Å²) in [5.74, 6) is 1.04. The van der Waals surface area contributed by atoms with E-state index in [1.807, 2.05) is 24.3 Å². The maximum Gasteiger partial charge on any atom is 0.256 e. The molecule has 3 nitrogen and oxygen atoms in total. The van der Waals surface area contributed by atoms with Gasteiger partial charge in [-0.2, -0.15) is 0 Å². The average molecular weight is 223 g/mol. The van der Waals surface area contributed by atoms with Crippen LogP contribution in [0.3, 0.4) is 0 Å². The predicted molar refractivity (Wildman–Crippen MR) is 62.4 cm³/mol. The van der Waals surface area contributed by atoms with E-state index in [0.29, 0.717) is 0 Å². The fourth-order valence-electron chi connectivity index (χ4n) is 1.26. The number of oxazole rings is 1. The van der Waals surface area contributed by atoms with Gasteiger partial charge >= 0.3 is 0 Å². The van der Waals surface area contributed by atoms with Crippen LogP contribution in [0.2, 0.25) is 0 Å². The van der Waals surface area contributed by atoms with Crippen molar-refractivity contribution in [3.05, 3.63) is 24.3 Å². The second-order valence-electron chi connectivity index (χ2n) is 3.75. The van der Waals surface area contributed by atoms with Crippen LogP contribution in [0.4, 0.5) is 0 Å². The number of benzene rings is 1.